The number of benzene rings is 2. The zero-order valence-corrected chi connectivity index (χ0v) is 23.4. The lowest BCUT2D eigenvalue weighted by molar-refractivity contribution is -0.123. The zero-order chi connectivity index (χ0) is 28.4. The second-order valence-electron chi connectivity index (χ2n) is 9.84. The number of methoxy groups -OCH3 is 2. The van der Waals surface area contributed by atoms with Gasteiger partial charge in [0, 0.05) is 11.2 Å². The van der Waals surface area contributed by atoms with Gasteiger partial charge in [0.05, 0.1) is 19.9 Å². The molecule has 0 aliphatic carbocycles. The van der Waals surface area contributed by atoms with Crippen LogP contribution in [0.3, 0.4) is 0 Å². The minimum Gasteiger partial charge on any atom is -0.493 e. The van der Waals surface area contributed by atoms with E-state index in [1.54, 1.807) is 24.3 Å². The molecule has 0 fully saturated rings. The summed E-state index contributed by atoms with van der Waals surface area (Å²) in [6, 6.07) is 9.30. The van der Waals surface area contributed by atoms with Crippen molar-refractivity contribution < 1.29 is 23.9 Å². The fourth-order valence-corrected chi connectivity index (χ4v) is 4.62. The van der Waals surface area contributed by atoms with Gasteiger partial charge in [0.1, 0.15) is 10.9 Å². The normalized spacial score (nSPS) is 12.0. The predicted octanol–water partition coefficient (Wildman–Crippen LogP) is 3.76. The van der Waals surface area contributed by atoms with E-state index in [1.807, 2.05) is 46.8 Å². The lowest BCUT2D eigenvalue weighted by atomic mass is 9.99. The Morgan fingerprint density at radius 3 is 2.18 bits per heavy atom. The molecule has 0 saturated carbocycles. The maximum Gasteiger partial charge on any atom is 0.273 e. The number of aromatic nitrogens is 1. The molecule has 2 aromatic carbocycles. The Morgan fingerprint density at radius 2 is 1.66 bits per heavy atom. The molecule has 0 spiro atoms. The molecule has 1 heterocycles. The second-order valence-corrected chi connectivity index (χ2v) is 10.6. The van der Waals surface area contributed by atoms with Gasteiger partial charge in [0.15, 0.2) is 17.2 Å². The lowest BCUT2D eigenvalue weighted by Crippen LogP contribution is -2.49. The highest BCUT2D eigenvalue weighted by molar-refractivity contribution is 7.09. The highest BCUT2D eigenvalue weighted by Crippen LogP contribution is 2.37. The van der Waals surface area contributed by atoms with Crippen molar-refractivity contribution in [3.05, 3.63) is 63.7 Å². The first-order valence-corrected chi connectivity index (χ1v) is 12.6. The van der Waals surface area contributed by atoms with E-state index < -0.39 is 29.3 Å². The first-order valence-electron chi connectivity index (χ1n) is 11.8. The lowest BCUT2D eigenvalue weighted by Gasteiger charge is -2.34. The molecular weight excluding hydrogens is 506 g/mol. The number of carbonyl (C=O) groups is 3. The third-order valence-electron chi connectivity index (χ3n) is 5.87. The molecule has 0 aliphatic rings. The van der Waals surface area contributed by atoms with Gasteiger partial charge in [0.2, 0.25) is 5.91 Å². The summed E-state index contributed by atoms with van der Waals surface area (Å²) in [4.78, 5) is 41.3. The Balaban J connectivity index is 2.31. The fraction of sp³-hybridized carbons (Fsp3) is 0.333. The number of nitrogens with one attached hydrogen (secondary N) is 1. The number of amides is 3. The SMILES string of the molecule is COc1ccc(C(C(=O)NC(C)(C)C)N(C(=O)c2snc(C(N)=O)c2N)c2ccc(C)c(C)c2)cc1OC. The minimum absolute atomic E-state index is 0.00827. The molecule has 0 saturated heterocycles. The van der Waals surface area contributed by atoms with Crippen LogP contribution < -0.4 is 31.2 Å². The van der Waals surface area contributed by atoms with Crippen molar-refractivity contribution in [1.29, 1.82) is 0 Å². The highest BCUT2D eigenvalue weighted by Gasteiger charge is 2.37. The highest BCUT2D eigenvalue weighted by atomic mass is 32.1. The number of anilines is 2. The molecule has 3 aromatic rings. The van der Waals surface area contributed by atoms with Gasteiger partial charge < -0.3 is 26.3 Å². The van der Waals surface area contributed by atoms with Gasteiger partial charge >= 0.3 is 0 Å². The van der Waals surface area contributed by atoms with E-state index in [-0.39, 0.29) is 16.3 Å². The molecule has 0 radical (unpaired) electrons. The topological polar surface area (TPSA) is 150 Å². The quantitative estimate of drug-likeness (QED) is 0.394. The first kappa shape index (κ1) is 28.5. The molecule has 0 bridgehead atoms. The Hall–Kier alpha value is -4.12. The number of nitrogens with two attached hydrogens (primary N) is 2. The van der Waals surface area contributed by atoms with Crippen molar-refractivity contribution in [2.75, 3.05) is 24.9 Å². The summed E-state index contributed by atoms with van der Waals surface area (Å²) in [5.41, 5.74) is 13.4. The number of carbonyl (C=O) groups excluding carboxylic acids is 3. The molecule has 11 heteroatoms. The van der Waals surface area contributed by atoms with E-state index in [9.17, 15) is 14.4 Å². The molecule has 1 aromatic heterocycles. The van der Waals surface area contributed by atoms with Crippen LogP contribution in [0.5, 0.6) is 11.5 Å². The minimum atomic E-state index is -1.15. The number of rotatable bonds is 8. The molecule has 3 amide bonds. The van der Waals surface area contributed by atoms with Crippen LogP contribution in [0.4, 0.5) is 11.4 Å². The van der Waals surface area contributed by atoms with Crippen molar-refractivity contribution >= 4 is 40.6 Å². The average molecular weight is 540 g/mol. The number of nitrogens with zero attached hydrogens (tertiary/aromatic N) is 2. The summed E-state index contributed by atoms with van der Waals surface area (Å²) in [6.07, 6.45) is 0. The summed E-state index contributed by atoms with van der Waals surface area (Å²) in [7, 11) is 3.00. The van der Waals surface area contributed by atoms with E-state index in [2.05, 4.69) is 9.69 Å². The Morgan fingerprint density at radius 1 is 1.00 bits per heavy atom. The third-order valence-corrected chi connectivity index (χ3v) is 6.72. The van der Waals surface area contributed by atoms with Gasteiger partial charge in [-0.1, -0.05) is 12.1 Å². The summed E-state index contributed by atoms with van der Waals surface area (Å²) in [6.45, 7) is 9.40. The van der Waals surface area contributed by atoms with Crippen LogP contribution in [0.15, 0.2) is 36.4 Å². The smallest absolute Gasteiger partial charge is 0.273 e. The van der Waals surface area contributed by atoms with Gasteiger partial charge in [-0.15, -0.1) is 0 Å². The first-order chi connectivity index (χ1) is 17.8. The number of aryl methyl sites for hydroxylation is 2. The predicted molar refractivity (Wildman–Crippen MR) is 148 cm³/mol. The molecule has 10 nitrogen and oxygen atoms in total. The zero-order valence-electron chi connectivity index (χ0n) is 22.5. The van der Waals surface area contributed by atoms with Crippen LogP contribution >= 0.6 is 11.5 Å². The summed E-state index contributed by atoms with van der Waals surface area (Å²) in [5.74, 6) is -1.04. The van der Waals surface area contributed by atoms with Gasteiger partial charge in [-0.25, -0.2) is 0 Å². The van der Waals surface area contributed by atoms with E-state index >= 15 is 0 Å². The molecule has 5 N–H and O–H groups in total. The van der Waals surface area contributed by atoms with E-state index in [0.29, 0.717) is 22.7 Å². The van der Waals surface area contributed by atoms with Crippen molar-refractivity contribution in [2.45, 2.75) is 46.2 Å². The van der Waals surface area contributed by atoms with E-state index in [0.717, 1.165) is 22.7 Å². The fourth-order valence-electron chi connectivity index (χ4n) is 3.88. The number of nitrogen functional groups attached to an aromatic ring is 1. The average Bonchev–Trinajstić information content (AvgIpc) is 3.23. The van der Waals surface area contributed by atoms with Crippen LogP contribution in [0, 0.1) is 13.8 Å². The van der Waals surface area contributed by atoms with Gasteiger partial charge in [0.25, 0.3) is 11.8 Å². The summed E-state index contributed by atoms with van der Waals surface area (Å²) in [5, 5.41) is 2.98. The number of ether oxygens (including phenoxy) is 2. The van der Waals surface area contributed by atoms with Crippen LogP contribution in [-0.2, 0) is 4.79 Å². The van der Waals surface area contributed by atoms with Gasteiger partial charge in [-0.3, -0.25) is 19.3 Å². The Kier molecular flexibility index (Phi) is 8.31. The number of hydrogen-bond acceptors (Lipinski definition) is 8. The molecule has 3 rings (SSSR count). The van der Waals surface area contributed by atoms with Crippen molar-refractivity contribution in [3.8, 4) is 11.5 Å². The molecule has 38 heavy (non-hydrogen) atoms. The standard InChI is InChI=1S/C27H33N5O5S/c1-14-8-10-17(12-15(14)2)32(26(35)23-20(28)21(24(29)33)31-38-23)22(25(34)30-27(3,4)5)16-9-11-18(36-6)19(13-16)37-7/h8-13,22H,28H2,1-7H3,(H2,29,33)(H,30,34). The summed E-state index contributed by atoms with van der Waals surface area (Å²) < 4.78 is 14.8. The molecule has 0 aliphatic heterocycles. The largest absolute Gasteiger partial charge is 0.493 e. The van der Waals surface area contributed by atoms with Crippen LogP contribution in [-0.4, -0.2) is 41.9 Å². The van der Waals surface area contributed by atoms with Gasteiger partial charge in [-0.2, -0.15) is 4.37 Å². The Bertz CT molecular complexity index is 1380. The Labute approximate surface area is 226 Å². The molecule has 202 valence electrons. The third kappa shape index (κ3) is 5.88. The van der Waals surface area contributed by atoms with Crippen LogP contribution in [0.1, 0.15) is 63.7 Å². The molecular formula is C27H33N5O5S. The maximum absolute atomic E-state index is 14.2. The molecule has 1 unspecified atom stereocenters. The number of hydrogen-bond donors (Lipinski definition) is 3. The summed E-state index contributed by atoms with van der Waals surface area (Å²) >= 11 is 0.751. The van der Waals surface area contributed by atoms with Gasteiger partial charge in [-0.05, 0) is 87.1 Å². The van der Waals surface area contributed by atoms with Crippen molar-refractivity contribution in [2.24, 2.45) is 5.73 Å². The van der Waals surface area contributed by atoms with Crippen molar-refractivity contribution in [1.82, 2.24) is 9.69 Å². The number of primary amides is 1. The van der Waals surface area contributed by atoms with E-state index in [1.165, 1.54) is 19.1 Å². The van der Waals surface area contributed by atoms with Crippen LogP contribution in [0.2, 0.25) is 0 Å². The molecule has 1 atom stereocenters. The second kappa shape index (κ2) is 11.1. The van der Waals surface area contributed by atoms with Crippen molar-refractivity contribution in [3.63, 3.8) is 0 Å². The maximum atomic E-state index is 14.2. The van der Waals surface area contributed by atoms with E-state index in [4.69, 9.17) is 20.9 Å². The van der Waals surface area contributed by atoms with Crippen LogP contribution in [0.25, 0.3) is 0 Å². The monoisotopic (exact) mass is 539 g/mol.